The fourth-order valence-corrected chi connectivity index (χ4v) is 5.02. The van der Waals surface area contributed by atoms with E-state index in [1.807, 2.05) is 6.07 Å². The second-order valence-corrected chi connectivity index (χ2v) is 10.5. The summed E-state index contributed by atoms with van der Waals surface area (Å²) in [6.07, 6.45) is -0.331. The van der Waals surface area contributed by atoms with Gasteiger partial charge in [0.15, 0.2) is 0 Å². The van der Waals surface area contributed by atoms with Crippen LogP contribution in [0.5, 0.6) is 5.75 Å². The Kier molecular flexibility index (Phi) is 9.29. The highest BCUT2D eigenvalue weighted by molar-refractivity contribution is 6.58. The van der Waals surface area contributed by atoms with Gasteiger partial charge in [-0.1, -0.05) is 12.1 Å². The molecule has 6 radical (unpaired) electrons. The Morgan fingerprint density at radius 3 is 2.45 bits per heavy atom. The van der Waals surface area contributed by atoms with Crippen LogP contribution in [-0.2, 0) is 17.5 Å². The van der Waals surface area contributed by atoms with Crippen molar-refractivity contribution in [2.24, 2.45) is 0 Å². The number of likely N-dealkylation sites (tertiary alicyclic amines) is 1. The first-order valence-electron chi connectivity index (χ1n) is 13.4. The number of rotatable bonds is 8. The van der Waals surface area contributed by atoms with Crippen LogP contribution in [0.3, 0.4) is 0 Å². The van der Waals surface area contributed by atoms with Gasteiger partial charge >= 0.3 is 6.18 Å². The van der Waals surface area contributed by atoms with Gasteiger partial charge in [-0.25, -0.2) is 4.98 Å². The molecule has 15 heteroatoms. The van der Waals surface area contributed by atoms with Gasteiger partial charge in [0, 0.05) is 18.5 Å². The fraction of sp³-hybridized carbons (Fsp3) is 0.481. The zero-order valence-corrected chi connectivity index (χ0v) is 23.5. The SMILES string of the molecule is Cc1coc(C=O)n1.[B]C([B])([B])Oc1cccc(C2C(NC)CCN2C(=O)Cn2nc(C3CC3)cc2C(F)(F)F)c1C. The zero-order chi connectivity index (χ0) is 30.8. The Balaban J connectivity index is 0.000000437. The van der Waals surface area contributed by atoms with Crippen LogP contribution in [0.2, 0.25) is 0 Å². The number of nitrogens with zero attached hydrogens (tertiary/aromatic N) is 4. The number of amides is 1. The summed E-state index contributed by atoms with van der Waals surface area (Å²) in [7, 11) is 18.5. The Morgan fingerprint density at radius 1 is 1.21 bits per heavy atom. The van der Waals surface area contributed by atoms with E-state index < -0.39 is 35.7 Å². The maximum atomic E-state index is 13.6. The van der Waals surface area contributed by atoms with Crippen molar-refractivity contribution in [2.75, 3.05) is 13.6 Å². The third-order valence-electron chi connectivity index (χ3n) is 7.13. The number of nitrogens with one attached hydrogen (secondary N) is 1. The van der Waals surface area contributed by atoms with Crippen LogP contribution in [-0.4, -0.2) is 80.3 Å². The Bertz CT molecular complexity index is 1420. The van der Waals surface area contributed by atoms with Crippen LogP contribution in [0.25, 0.3) is 0 Å². The van der Waals surface area contributed by atoms with E-state index in [2.05, 4.69) is 19.8 Å². The van der Waals surface area contributed by atoms with Crippen molar-refractivity contribution in [3.8, 4) is 5.75 Å². The van der Waals surface area contributed by atoms with Crippen LogP contribution in [0.4, 0.5) is 13.2 Å². The second kappa shape index (κ2) is 12.4. The van der Waals surface area contributed by atoms with Gasteiger partial charge in [0.2, 0.25) is 12.2 Å². The summed E-state index contributed by atoms with van der Waals surface area (Å²) in [5.41, 5.74) is 1.67. The van der Waals surface area contributed by atoms with Crippen molar-refractivity contribution in [3.63, 3.8) is 0 Å². The van der Waals surface area contributed by atoms with Gasteiger partial charge in [-0.2, -0.15) is 18.3 Å². The molecule has 2 fully saturated rings. The third-order valence-corrected chi connectivity index (χ3v) is 7.13. The number of hydrogen-bond acceptors (Lipinski definition) is 7. The van der Waals surface area contributed by atoms with Crippen molar-refractivity contribution in [1.29, 1.82) is 0 Å². The minimum atomic E-state index is -4.60. The van der Waals surface area contributed by atoms with Crippen LogP contribution in [0, 0.1) is 13.8 Å². The molecular weight excluding hydrogens is 548 g/mol. The summed E-state index contributed by atoms with van der Waals surface area (Å²) < 4.78 is 51.7. The maximum Gasteiger partial charge on any atom is 0.433 e. The minimum absolute atomic E-state index is 0.0378. The lowest BCUT2D eigenvalue weighted by molar-refractivity contribution is -0.146. The molecule has 1 amide bonds. The van der Waals surface area contributed by atoms with Gasteiger partial charge in [-0.15, -0.1) is 0 Å². The molecular formula is C27H29B3F3N5O4. The van der Waals surface area contributed by atoms with Gasteiger partial charge in [0.05, 0.1) is 17.4 Å². The van der Waals surface area contributed by atoms with Crippen LogP contribution in [0.1, 0.15) is 70.1 Å². The first-order chi connectivity index (χ1) is 19.7. The molecule has 1 aliphatic heterocycles. The Labute approximate surface area is 245 Å². The number of halogens is 3. The molecule has 216 valence electrons. The van der Waals surface area contributed by atoms with Gasteiger partial charge < -0.3 is 19.4 Å². The lowest BCUT2D eigenvalue weighted by Crippen LogP contribution is -2.40. The standard InChI is InChI=1S/C22H24B3F3N4O2.C5H5NO2/c1-12-14(4-3-5-17(12)34-22(23,24)25)20-15(29-2)8-9-31(20)19(33)11-32-18(21(26,27)28)10-16(30-32)13-6-7-13;1-4-3-8-5(2-7)6-4/h3-5,10,13,15,20,29H,6-9,11H2,1-2H3;2-3H,1H3. The highest BCUT2D eigenvalue weighted by Gasteiger charge is 2.41. The molecule has 42 heavy (non-hydrogen) atoms. The normalized spacial score (nSPS) is 18.9. The average Bonchev–Trinajstić information content (AvgIpc) is 3.30. The molecule has 0 bridgehead atoms. The van der Waals surface area contributed by atoms with Gasteiger partial charge in [-0.3, -0.25) is 14.3 Å². The van der Waals surface area contributed by atoms with Gasteiger partial charge in [0.1, 0.15) is 47.8 Å². The lowest BCUT2D eigenvalue weighted by Gasteiger charge is -2.32. The number of alkyl halides is 3. The van der Waals surface area contributed by atoms with Crippen LogP contribution < -0.4 is 10.1 Å². The number of benzene rings is 1. The highest BCUT2D eigenvalue weighted by Crippen LogP contribution is 2.42. The molecule has 1 aromatic carbocycles. The summed E-state index contributed by atoms with van der Waals surface area (Å²) in [6, 6.07) is 5.75. The number of aromatic nitrogens is 3. The topological polar surface area (TPSA) is 102 Å². The number of hydrogen-bond donors (Lipinski definition) is 1. The molecule has 2 atom stereocenters. The van der Waals surface area contributed by atoms with Crippen LogP contribution in [0.15, 0.2) is 34.9 Å². The first-order valence-corrected chi connectivity index (χ1v) is 13.4. The number of carbonyl (C=O) groups is 2. The van der Waals surface area contributed by atoms with E-state index in [0.29, 0.717) is 36.3 Å². The largest absolute Gasteiger partial charge is 0.516 e. The fourth-order valence-electron chi connectivity index (χ4n) is 5.02. The number of oxazole rings is 1. The molecule has 0 spiro atoms. The molecule has 1 aliphatic carbocycles. The van der Waals surface area contributed by atoms with E-state index in [0.717, 1.165) is 34.8 Å². The number of carbonyl (C=O) groups excluding carboxylic acids is 2. The van der Waals surface area contributed by atoms with Crippen LogP contribution >= 0.6 is 0 Å². The molecule has 1 saturated heterocycles. The lowest BCUT2D eigenvalue weighted by atomic mass is 9.52. The molecule has 9 nitrogen and oxygen atoms in total. The number of likely N-dealkylation sites (N-methyl/N-ethyl adjacent to an activating group) is 1. The molecule has 2 unspecified atom stereocenters. The van der Waals surface area contributed by atoms with Gasteiger partial charge in [-0.05, 0) is 68.7 Å². The molecule has 1 saturated carbocycles. The van der Waals surface area contributed by atoms with E-state index in [1.165, 1.54) is 6.26 Å². The summed E-state index contributed by atoms with van der Waals surface area (Å²) in [6.45, 7) is 3.44. The van der Waals surface area contributed by atoms with Crippen molar-refractivity contribution < 1.29 is 31.9 Å². The highest BCUT2D eigenvalue weighted by atomic mass is 19.4. The molecule has 3 heterocycles. The van der Waals surface area contributed by atoms with E-state index in [4.69, 9.17) is 28.3 Å². The Hall–Kier alpha value is -3.48. The average molecular weight is 577 g/mol. The predicted molar refractivity (Wildman–Crippen MR) is 150 cm³/mol. The maximum absolute atomic E-state index is 13.6. The summed E-state index contributed by atoms with van der Waals surface area (Å²) in [4.78, 5) is 28.5. The molecule has 5 rings (SSSR count). The molecule has 1 N–H and O–H groups in total. The van der Waals surface area contributed by atoms with E-state index in [1.54, 1.807) is 37.9 Å². The first kappa shape index (κ1) is 31.5. The Morgan fingerprint density at radius 2 is 1.93 bits per heavy atom. The number of aldehydes is 1. The third kappa shape index (κ3) is 7.48. The zero-order valence-electron chi connectivity index (χ0n) is 23.5. The molecule has 2 aliphatic rings. The van der Waals surface area contributed by atoms with E-state index in [-0.39, 0.29) is 17.9 Å². The van der Waals surface area contributed by atoms with Crippen molar-refractivity contribution >= 4 is 35.7 Å². The molecule has 3 aromatic rings. The number of ether oxygens (including phenoxy) is 1. The second-order valence-electron chi connectivity index (χ2n) is 10.5. The quantitative estimate of drug-likeness (QED) is 0.325. The minimum Gasteiger partial charge on any atom is -0.516 e. The van der Waals surface area contributed by atoms with E-state index in [9.17, 15) is 22.8 Å². The van der Waals surface area contributed by atoms with Crippen molar-refractivity contribution in [1.82, 2.24) is 25.0 Å². The monoisotopic (exact) mass is 577 g/mol. The number of aryl methyl sites for hydroxylation is 1. The van der Waals surface area contributed by atoms with Gasteiger partial charge in [0.25, 0.3) is 5.89 Å². The molecule has 2 aromatic heterocycles. The smallest absolute Gasteiger partial charge is 0.433 e. The van der Waals surface area contributed by atoms with Crippen molar-refractivity contribution in [3.05, 3.63) is 64.6 Å². The summed E-state index contributed by atoms with van der Waals surface area (Å²) in [5, 5.41) is 5.45. The van der Waals surface area contributed by atoms with E-state index >= 15 is 0 Å². The van der Waals surface area contributed by atoms with Crippen molar-refractivity contribution in [2.45, 2.75) is 69.1 Å². The predicted octanol–water partition coefficient (Wildman–Crippen LogP) is 2.94. The summed E-state index contributed by atoms with van der Waals surface area (Å²) in [5.74, 6) is 0.0909. The summed E-state index contributed by atoms with van der Waals surface area (Å²) >= 11 is 0.